The Morgan fingerprint density at radius 3 is 2.68 bits per heavy atom. The first-order chi connectivity index (χ1) is 13.7. The topological polar surface area (TPSA) is 59.8 Å². The van der Waals surface area contributed by atoms with E-state index in [-0.39, 0.29) is 11.8 Å². The molecule has 2 unspecified atom stereocenters. The van der Waals surface area contributed by atoms with E-state index in [0.717, 1.165) is 41.8 Å². The fourth-order valence-corrected chi connectivity index (χ4v) is 4.00. The number of hydrogen-bond acceptors (Lipinski definition) is 3. The zero-order valence-corrected chi connectivity index (χ0v) is 16.2. The maximum Gasteiger partial charge on any atom is 0.223 e. The summed E-state index contributed by atoms with van der Waals surface area (Å²) in [6.45, 7) is 2.72. The van der Waals surface area contributed by atoms with Crippen LogP contribution in [0.2, 0.25) is 0 Å². The molecule has 144 valence electrons. The van der Waals surface area contributed by atoms with Gasteiger partial charge in [0.05, 0.1) is 11.4 Å². The van der Waals surface area contributed by atoms with Gasteiger partial charge in [0.1, 0.15) is 0 Å². The smallest absolute Gasteiger partial charge is 0.223 e. The lowest BCUT2D eigenvalue weighted by molar-refractivity contribution is -0.126. The van der Waals surface area contributed by atoms with Gasteiger partial charge in [-0.1, -0.05) is 38.0 Å². The fourth-order valence-electron chi connectivity index (χ4n) is 4.00. The average molecular weight is 374 g/mol. The van der Waals surface area contributed by atoms with Gasteiger partial charge < -0.3 is 5.32 Å². The predicted octanol–water partition coefficient (Wildman–Crippen LogP) is 4.38. The Morgan fingerprint density at radius 2 is 1.93 bits per heavy atom. The van der Waals surface area contributed by atoms with Gasteiger partial charge in [-0.05, 0) is 43.0 Å². The SMILES string of the molecule is CC1CCCC(C(=O)NCc2cn(-c3ccccc3)nc2-c2ccncc2)C1. The molecule has 4 rings (SSSR count). The van der Waals surface area contributed by atoms with Crippen LogP contribution < -0.4 is 5.32 Å². The molecule has 28 heavy (non-hydrogen) atoms. The normalized spacial score (nSPS) is 19.3. The molecule has 1 N–H and O–H groups in total. The minimum Gasteiger partial charge on any atom is -0.352 e. The van der Waals surface area contributed by atoms with Gasteiger partial charge in [-0.3, -0.25) is 9.78 Å². The number of nitrogens with one attached hydrogen (secondary N) is 1. The molecule has 1 amide bonds. The van der Waals surface area contributed by atoms with Crippen LogP contribution in [0.15, 0.2) is 61.1 Å². The third kappa shape index (κ3) is 4.14. The molecular weight excluding hydrogens is 348 g/mol. The van der Waals surface area contributed by atoms with Crippen LogP contribution in [-0.4, -0.2) is 20.7 Å². The molecule has 0 saturated heterocycles. The molecule has 1 aliphatic carbocycles. The van der Waals surface area contributed by atoms with E-state index in [9.17, 15) is 4.79 Å². The molecule has 2 atom stereocenters. The lowest BCUT2D eigenvalue weighted by Crippen LogP contribution is -2.33. The molecule has 2 heterocycles. The molecule has 1 saturated carbocycles. The molecule has 0 bridgehead atoms. The number of nitrogens with zero attached hydrogens (tertiary/aromatic N) is 3. The summed E-state index contributed by atoms with van der Waals surface area (Å²) in [7, 11) is 0. The van der Waals surface area contributed by atoms with Crippen molar-refractivity contribution < 1.29 is 4.79 Å². The van der Waals surface area contributed by atoms with Crippen molar-refractivity contribution in [1.29, 1.82) is 0 Å². The van der Waals surface area contributed by atoms with Gasteiger partial charge in [0.2, 0.25) is 5.91 Å². The third-order valence-electron chi connectivity index (χ3n) is 5.52. The average Bonchev–Trinajstić information content (AvgIpc) is 3.17. The highest BCUT2D eigenvalue weighted by Gasteiger charge is 2.25. The summed E-state index contributed by atoms with van der Waals surface area (Å²) in [5.41, 5.74) is 3.88. The van der Waals surface area contributed by atoms with Gasteiger partial charge >= 0.3 is 0 Å². The summed E-state index contributed by atoms with van der Waals surface area (Å²) < 4.78 is 1.87. The largest absolute Gasteiger partial charge is 0.352 e. The van der Waals surface area contributed by atoms with Crippen molar-refractivity contribution in [2.45, 2.75) is 39.2 Å². The molecule has 5 nitrogen and oxygen atoms in total. The molecule has 0 spiro atoms. The Bertz CT molecular complexity index is 920. The molecule has 1 aliphatic rings. The standard InChI is InChI=1S/C23H26N4O/c1-17-6-5-7-19(14-17)23(28)25-15-20-16-27(21-8-3-2-4-9-21)26-22(20)18-10-12-24-13-11-18/h2-4,8-13,16-17,19H,5-7,14-15H2,1H3,(H,25,28). The zero-order chi connectivity index (χ0) is 19.3. The number of rotatable bonds is 5. The number of aromatic nitrogens is 3. The van der Waals surface area contributed by atoms with Gasteiger partial charge in [0.15, 0.2) is 0 Å². The number of carbonyl (C=O) groups is 1. The maximum absolute atomic E-state index is 12.7. The number of benzene rings is 1. The second kappa shape index (κ2) is 8.38. The Balaban J connectivity index is 1.56. The molecule has 5 heteroatoms. The van der Waals surface area contributed by atoms with Crippen molar-refractivity contribution in [1.82, 2.24) is 20.1 Å². The first kappa shape index (κ1) is 18.4. The molecule has 1 aromatic carbocycles. The Hall–Kier alpha value is -2.95. The van der Waals surface area contributed by atoms with E-state index in [2.05, 4.69) is 17.2 Å². The second-order valence-corrected chi connectivity index (χ2v) is 7.71. The molecular formula is C23H26N4O. The highest BCUT2D eigenvalue weighted by Crippen LogP contribution is 2.29. The maximum atomic E-state index is 12.7. The highest BCUT2D eigenvalue weighted by molar-refractivity contribution is 5.79. The molecule has 0 radical (unpaired) electrons. The van der Waals surface area contributed by atoms with Crippen LogP contribution in [-0.2, 0) is 11.3 Å². The number of para-hydroxylation sites is 1. The van der Waals surface area contributed by atoms with Crippen LogP contribution in [0.4, 0.5) is 0 Å². The van der Waals surface area contributed by atoms with Crippen molar-refractivity contribution in [2.24, 2.45) is 11.8 Å². The molecule has 2 aromatic heterocycles. The quantitative estimate of drug-likeness (QED) is 0.721. The van der Waals surface area contributed by atoms with Crippen molar-refractivity contribution in [3.05, 3.63) is 66.6 Å². The minimum atomic E-state index is 0.136. The van der Waals surface area contributed by atoms with Crippen molar-refractivity contribution >= 4 is 5.91 Å². The van der Waals surface area contributed by atoms with Crippen LogP contribution >= 0.6 is 0 Å². The summed E-state index contributed by atoms with van der Waals surface area (Å²) in [5, 5.41) is 7.95. The van der Waals surface area contributed by atoms with E-state index in [0.29, 0.717) is 12.5 Å². The molecule has 3 aromatic rings. The van der Waals surface area contributed by atoms with E-state index in [1.807, 2.05) is 53.3 Å². The van der Waals surface area contributed by atoms with Gasteiger partial charge in [-0.15, -0.1) is 0 Å². The Morgan fingerprint density at radius 1 is 1.14 bits per heavy atom. The monoisotopic (exact) mass is 374 g/mol. The Kier molecular flexibility index (Phi) is 5.51. The van der Waals surface area contributed by atoms with Gasteiger partial charge in [0, 0.05) is 42.2 Å². The van der Waals surface area contributed by atoms with E-state index in [4.69, 9.17) is 5.10 Å². The summed E-state index contributed by atoms with van der Waals surface area (Å²) in [5.74, 6) is 0.940. The number of hydrogen-bond donors (Lipinski definition) is 1. The van der Waals surface area contributed by atoms with Crippen LogP contribution in [0.5, 0.6) is 0 Å². The van der Waals surface area contributed by atoms with E-state index in [1.165, 1.54) is 6.42 Å². The van der Waals surface area contributed by atoms with Gasteiger partial charge in [-0.2, -0.15) is 5.10 Å². The van der Waals surface area contributed by atoms with Crippen molar-refractivity contribution in [3.63, 3.8) is 0 Å². The summed E-state index contributed by atoms with van der Waals surface area (Å²) in [6.07, 6.45) is 9.91. The molecule has 0 aliphatic heterocycles. The van der Waals surface area contributed by atoms with Crippen LogP contribution in [0.1, 0.15) is 38.2 Å². The van der Waals surface area contributed by atoms with E-state index >= 15 is 0 Å². The van der Waals surface area contributed by atoms with E-state index < -0.39 is 0 Å². The van der Waals surface area contributed by atoms with Gasteiger partial charge in [-0.25, -0.2) is 4.68 Å². The van der Waals surface area contributed by atoms with Crippen LogP contribution in [0.3, 0.4) is 0 Å². The minimum absolute atomic E-state index is 0.136. The highest BCUT2D eigenvalue weighted by atomic mass is 16.1. The van der Waals surface area contributed by atoms with Crippen LogP contribution in [0.25, 0.3) is 16.9 Å². The lowest BCUT2D eigenvalue weighted by atomic mass is 9.82. The van der Waals surface area contributed by atoms with Crippen molar-refractivity contribution in [2.75, 3.05) is 0 Å². The lowest BCUT2D eigenvalue weighted by Gasteiger charge is -2.25. The number of pyridine rings is 1. The number of amides is 1. The molecule has 1 fully saturated rings. The fraction of sp³-hybridized carbons (Fsp3) is 0.348. The summed E-state index contributed by atoms with van der Waals surface area (Å²) in [4.78, 5) is 16.8. The van der Waals surface area contributed by atoms with Crippen LogP contribution in [0, 0.1) is 11.8 Å². The predicted molar refractivity (Wildman–Crippen MR) is 110 cm³/mol. The Labute approximate surface area is 165 Å². The first-order valence-corrected chi connectivity index (χ1v) is 10.0. The summed E-state index contributed by atoms with van der Waals surface area (Å²) in [6, 6.07) is 13.9. The zero-order valence-electron chi connectivity index (χ0n) is 16.2. The second-order valence-electron chi connectivity index (χ2n) is 7.71. The third-order valence-corrected chi connectivity index (χ3v) is 5.52. The first-order valence-electron chi connectivity index (χ1n) is 10.0. The van der Waals surface area contributed by atoms with Crippen molar-refractivity contribution in [3.8, 4) is 16.9 Å². The number of carbonyl (C=O) groups excluding carboxylic acids is 1. The van der Waals surface area contributed by atoms with E-state index in [1.54, 1.807) is 12.4 Å². The van der Waals surface area contributed by atoms with Gasteiger partial charge in [0.25, 0.3) is 0 Å². The summed E-state index contributed by atoms with van der Waals surface area (Å²) >= 11 is 0.